The molecule has 1 N–H and O–H groups in total. The maximum absolute atomic E-state index is 9.07. The number of hydrogen-bond donors (Lipinski definition) is 1. The van der Waals surface area contributed by atoms with Gasteiger partial charge in [-0.3, -0.25) is 0 Å². The normalized spacial score (nSPS) is 35.4. The van der Waals surface area contributed by atoms with E-state index < -0.39 is 0 Å². The third-order valence-electron chi connectivity index (χ3n) is 4.35. The van der Waals surface area contributed by atoms with E-state index in [2.05, 4.69) is 32.7 Å². The Morgan fingerprint density at radius 3 is 2.67 bits per heavy atom. The van der Waals surface area contributed by atoms with Crippen molar-refractivity contribution in [2.45, 2.75) is 52.0 Å². The summed E-state index contributed by atoms with van der Waals surface area (Å²) in [7, 11) is 2.25. The van der Waals surface area contributed by atoms with Gasteiger partial charge < -0.3 is 10.0 Å². The van der Waals surface area contributed by atoms with Crippen molar-refractivity contribution in [3.05, 3.63) is 0 Å². The van der Waals surface area contributed by atoms with Gasteiger partial charge in [-0.1, -0.05) is 13.8 Å². The molecule has 1 unspecified atom stereocenters. The fourth-order valence-corrected chi connectivity index (χ4v) is 2.69. The van der Waals surface area contributed by atoms with Crippen molar-refractivity contribution in [1.82, 2.24) is 4.90 Å². The van der Waals surface area contributed by atoms with Crippen molar-refractivity contribution < 1.29 is 5.11 Å². The first-order valence-corrected chi connectivity index (χ1v) is 6.34. The number of rotatable bonds is 4. The zero-order chi connectivity index (χ0) is 11.5. The van der Waals surface area contributed by atoms with Crippen LogP contribution in [-0.4, -0.2) is 35.7 Å². The summed E-state index contributed by atoms with van der Waals surface area (Å²) in [5.41, 5.74) is 0.416. The average Bonchev–Trinajstić information content (AvgIpc) is 2.23. The molecule has 0 aromatic rings. The zero-order valence-electron chi connectivity index (χ0n) is 10.8. The second kappa shape index (κ2) is 5.31. The van der Waals surface area contributed by atoms with E-state index in [4.69, 9.17) is 5.11 Å². The fourth-order valence-electron chi connectivity index (χ4n) is 2.69. The van der Waals surface area contributed by atoms with Crippen LogP contribution in [-0.2, 0) is 0 Å². The molecule has 1 aliphatic rings. The Kier molecular flexibility index (Phi) is 4.60. The van der Waals surface area contributed by atoms with E-state index in [1.807, 2.05) is 0 Å². The van der Waals surface area contributed by atoms with Crippen molar-refractivity contribution in [2.75, 3.05) is 20.2 Å². The molecule has 2 nitrogen and oxygen atoms in total. The van der Waals surface area contributed by atoms with Crippen LogP contribution >= 0.6 is 0 Å². The second-order valence-electron chi connectivity index (χ2n) is 5.66. The monoisotopic (exact) mass is 213 g/mol. The van der Waals surface area contributed by atoms with Gasteiger partial charge in [0.2, 0.25) is 0 Å². The molecule has 1 aliphatic heterocycles. The Bertz CT molecular complexity index is 195. The van der Waals surface area contributed by atoms with Crippen LogP contribution in [0.2, 0.25) is 0 Å². The number of likely N-dealkylation sites (tertiary alicyclic amines) is 1. The molecule has 0 aliphatic carbocycles. The van der Waals surface area contributed by atoms with Gasteiger partial charge in [-0.25, -0.2) is 0 Å². The zero-order valence-corrected chi connectivity index (χ0v) is 10.8. The summed E-state index contributed by atoms with van der Waals surface area (Å²) in [5.74, 6) is 1.26. The van der Waals surface area contributed by atoms with Crippen LogP contribution in [0, 0.1) is 11.8 Å². The molecular weight excluding hydrogens is 186 g/mol. The highest BCUT2D eigenvalue weighted by Gasteiger charge is 2.34. The predicted molar refractivity (Wildman–Crippen MR) is 64.9 cm³/mol. The van der Waals surface area contributed by atoms with Crippen LogP contribution < -0.4 is 0 Å². The summed E-state index contributed by atoms with van der Waals surface area (Å²) in [4.78, 5) is 2.52. The van der Waals surface area contributed by atoms with Crippen molar-refractivity contribution >= 4 is 0 Å². The predicted octanol–water partition coefficient (Wildman–Crippen LogP) is 2.52. The third kappa shape index (κ3) is 3.18. The van der Waals surface area contributed by atoms with Crippen molar-refractivity contribution in [3.63, 3.8) is 0 Å². The Labute approximate surface area is 94.7 Å². The topological polar surface area (TPSA) is 23.5 Å². The molecule has 1 fully saturated rings. The van der Waals surface area contributed by atoms with Crippen LogP contribution in [0.5, 0.6) is 0 Å². The van der Waals surface area contributed by atoms with E-state index in [9.17, 15) is 0 Å². The summed E-state index contributed by atoms with van der Waals surface area (Å²) in [6.45, 7) is 8.35. The molecule has 1 rings (SSSR count). The number of piperidine rings is 1. The lowest BCUT2D eigenvalue weighted by molar-refractivity contribution is 0.0431. The molecule has 90 valence electrons. The summed E-state index contributed by atoms with van der Waals surface area (Å²) in [5, 5.41) is 9.07. The first-order valence-electron chi connectivity index (χ1n) is 6.34. The molecule has 0 spiro atoms. The van der Waals surface area contributed by atoms with Gasteiger partial charge in [-0.2, -0.15) is 0 Å². The Morgan fingerprint density at radius 2 is 2.20 bits per heavy atom. The molecule has 3 atom stereocenters. The van der Waals surface area contributed by atoms with Crippen molar-refractivity contribution in [1.29, 1.82) is 0 Å². The number of hydrogen-bond acceptors (Lipinski definition) is 2. The molecule has 15 heavy (non-hydrogen) atoms. The summed E-state index contributed by atoms with van der Waals surface area (Å²) >= 11 is 0. The Balaban J connectivity index is 2.44. The number of nitrogens with zero attached hydrogens (tertiary/aromatic N) is 1. The molecule has 2 heteroatoms. The summed E-state index contributed by atoms with van der Waals surface area (Å²) in [6, 6.07) is 0. The third-order valence-corrected chi connectivity index (χ3v) is 4.35. The summed E-state index contributed by atoms with van der Waals surface area (Å²) in [6.07, 6.45) is 5.06. The van der Waals surface area contributed by atoms with Gasteiger partial charge >= 0.3 is 0 Å². The van der Waals surface area contributed by atoms with Crippen LogP contribution in [0.4, 0.5) is 0 Å². The second-order valence-corrected chi connectivity index (χ2v) is 5.66. The number of aliphatic hydroxyl groups is 1. The molecular formula is C13H27NO. The van der Waals surface area contributed by atoms with Gasteiger partial charge in [0.1, 0.15) is 0 Å². The minimum atomic E-state index is 0.339. The molecule has 0 radical (unpaired) electrons. The van der Waals surface area contributed by atoms with Crippen LogP contribution in [0.15, 0.2) is 0 Å². The van der Waals surface area contributed by atoms with E-state index in [-0.39, 0.29) is 0 Å². The van der Waals surface area contributed by atoms with Crippen molar-refractivity contribution in [3.8, 4) is 0 Å². The lowest BCUT2D eigenvalue weighted by atomic mass is 9.79. The van der Waals surface area contributed by atoms with Gasteiger partial charge in [0.25, 0.3) is 0 Å². The lowest BCUT2D eigenvalue weighted by Crippen LogP contribution is -2.49. The van der Waals surface area contributed by atoms with E-state index in [0.29, 0.717) is 18.1 Å². The largest absolute Gasteiger partial charge is 0.396 e. The van der Waals surface area contributed by atoms with Crippen LogP contribution in [0.25, 0.3) is 0 Å². The first-order chi connectivity index (χ1) is 7.01. The molecule has 1 heterocycles. The minimum Gasteiger partial charge on any atom is -0.396 e. The van der Waals surface area contributed by atoms with Gasteiger partial charge in [0.05, 0.1) is 0 Å². The molecule has 1 saturated heterocycles. The smallest absolute Gasteiger partial charge is 0.0456 e. The molecule has 0 aromatic carbocycles. The average molecular weight is 213 g/mol. The molecule has 0 bridgehead atoms. The lowest BCUT2D eigenvalue weighted by Gasteiger charge is -2.46. The Hall–Kier alpha value is -0.0800. The maximum atomic E-state index is 9.07. The quantitative estimate of drug-likeness (QED) is 0.775. The van der Waals surface area contributed by atoms with E-state index >= 15 is 0 Å². The van der Waals surface area contributed by atoms with E-state index in [1.54, 1.807) is 0 Å². The molecule has 0 aromatic heterocycles. The fraction of sp³-hybridized carbons (Fsp3) is 1.00. The van der Waals surface area contributed by atoms with Crippen LogP contribution in [0.3, 0.4) is 0 Å². The standard InChI is InChI=1S/C13H27NO/c1-5-13(3)7-6-12(9-14(13)4)8-11(2)10-15/h11-12,15H,5-10H2,1-4H3/t11?,12-,13-/m1/s1. The first kappa shape index (κ1) is 13.0. The van der Waals surface area contributed by atoms with E-state index in [0.717, 1.165) is 5.92 Å². The highest BCUT2D eigenvalue weighted by atomic mass is 16.3. The van der Waals surface area contributed by atoms with Gasteiger partial charge in [0.15, 0.2) is 0 Å². The highest BCUT2D eigenvalue weighted by molar-refractivity contribution is 4.89. The summed E-state index contributed by atoms with van der Waals surface area (Å²) < 4.78 is 0. The molecule has 0 saturated carbocycles. The Morgan fingerprint density at radius 1 is 1.53 bits per heavy atom. The number of aliphatic hydroxyl groups excluding tert-OH is 1. The SMILES string of the molecule is CC[C@]1(C)CC[C@H](CC(C)CO)CN1C. The highest BCUT2D eigenvalue weighted by Crippen LogP contribution is 2.34. The molecule has 0 amide bonds. The van der Waals surface area contributed by atoms with Gasteiger partial charge in [-0.05, 0) is 51.5 Å². The van der Waals surface area contributed by atoms with E-state index in [1.165, 1.54) is 32.2 Å². The van der Waals surface area contributed by atoms with Crippen molar-refractivity contribution in [2.24, 2.45) is 11.8 Å². The van der Waals surface area contributed by atoms with Gasteiger partial charge in [0, 0.05) is 18.7 Å². The minimum absolute atomic E-state index is 0.339. The maximum Gasteiger partial charge on any atom is 0.0456 e. The van der Waals surface area contributed by atoms with Gasteiger partial charge in [-0.15, -0.1) is 0 Å². The van der Waals surface area contributed by atoms with Crippen LogP contribution in [0.1, 0.15) is 46.5 Å².